The molecule has 2 heterocycles. The van der Waals surface area contributed by atoms with E-state index in [1.165, 1.54) is 5.57 Å². The van der Waals surface area contributed by atoms with Gasteiger partial charge in [-0.2, -0.15) is 0 Å². The van der Waals surface area contributed by atoms with Gasteiger partial charge in [0.1, 0.15) is 5.78 Å². The zero-order valence-corrected chi connectivity index (χ0v) is 5.89. The highest BCUT2D eigenvalue weighted by molar-refractivity contribution is 5.81. The standard InChI is InChI=1S/C8H11NO/c1-5-2-6-3-7(10)4-8(5)9-6/h6,8-9H,1-4H2/t6-,8?/m0/s1. The van der Waals surface area contributed by atoms with Crippen molar-refractivity contribution in [2.24, 2.45) is 0 Å². The Morgan fingerprint density at radius 2 is 2.20 bits per heavy atom. The molecule has 10 heavy (non-hydrogen) atoms. The Morgan fingerprint density at radius 3 is 2.90 bits per heavy atom. The van der Waals surface area contributed by atoms with Gasteiger partial charge in [0.05, 0.1) is 0 Å². The van der Waals surface area contributed by atoms with Crippen LogP contribution in [0, 0.1) is 0 Å². The highest BCUT2D eigenvalue weighted by atomic mass is 16.1. The molecule has 2 fully saturated rings. The Morgan fingerprint density at radius 1 is 1.40 bits per heavy atom. The minimum Gasteiger partial charge on any atom is -0.306 e. The maximum atomic E-state index is 11.0. The molecule has 2 aliphatic heterocycles. The van der Waals surface area contributed by atoms with Gasteiger partial charge in [-0.1, -0.05) is 12.2 Å². The van der Waals surface area contributed by atoms with Gasteiger partial charge in [-0.15, -0.1) is 0 Å². The van der Waals surface area contributed by atoms with Crippen molar-refractivity contribution < 1.29 is 4.79 Å². The Balaban J connectivity index is 2.20. The molecule has 54 valence electrons. The van der Waals surface area contributed by atoms with E-state index in [-0.39, 0.29) is 0 Å². The third-order valence-corrected chi connectivity index (χ3v) is 2.34. The molecule has 2 heteroatoms. The van der Waals surface area contributed by atoms with Crippen molar-refractivity contribution in [3.8, 4) is 0 Å². The van der Waals surface area contributed by atoms with E-state index in [1.807, 2.05) is 0 Å². The molecule has 2 aliphatic rings. The van der Waals surface area contributed by atoms with Crippen molar-refractivity contribution in [2.45, 2.75) is 31.3 Å². The lowest BCUT2D eigenvalue weighted by Gasteiger charge is -2.18. The van der Waals surface area contributed by atoms with Gasteiger partial charge in [-0.25, -0.2) is 0 Å². The van der Waals surface area contributed by atoms with Gasteiger partial charge in [-0.05, 0) is 6.42 Å². The fourth-order valence-electron chi connectivity index (χ4n) is 1.84. The van der Waals surface area contributed by atoms with E-state index < -0.39 is 0 Å². The summed E-state index contributed by atoms with van der Waals surface area (Å²) in [5.74, 6) is 0.396. The average Bonchev–Trinajstić information content (AvgIpc) is 2.07. The number of hydrogen-bond donors (Lipinski definition) is 1. The summed E-state index contributed by atoms with van der Waals surface area (Å²) in [7, 11) is 0. The number of rotatable bonds is 0. The lowest BCUT2D eigenvalue weighted by molar-refractivity contribution is -0.120. The number of nitrogens with one attached hydrogen (secondary N) is 1. The van der Waals surface area contributed by atoms with Crippen molar-refractivity contribution in [1.82, 2.24) is 5.32 Å². The number of carbonyl (C=O) groups is 1. The molecule has 2 atom stereocenters. The van der Waals surface area contributed by atoms with E-state index in [4.69, 9.17) is 0 Å². The fraction of sp³-hybridized carbons (Fsp3) is 0.625. The first-order chi connectivity index (χ1) is 4.75. The van der Waals surface area contributed by atoms with Crippen LogP contribution in [0.2, 0.25) is 0 Å². The molecule has 2 nitrogen and oxygen atoms in total. The molecule has 2 saturated heterocycles. The monoisotopic (exact) mass is 137 g/mol. The topological polar surface area (TPSA) is 29.1 Å². The van der Waals surface area contributed by atoms with Crippen LogP contribution in [-0.4, -0.2) is 17.9 Å². The summed E-state index contributed by atoms with van der Waals surface area (Å²) in [6.07, 6.45) is 2.40. The van der Waals surface area contributed by atoms with Crippen molar-refractivity contribution in [3.05, 3.63) is 12.2 Å². The molecular formula is C8H11NO. The lowest BCUT2D eigenvalue weighted by atomic mass is 10.0. The van der Waals surface area contributed by atoms with Crippen molar-refractivity contribution in [1.29, 1.82) is 0 Å². The molecule has 0 saturated carbocycles. The smallest absolute Gasteiger partial charge is 0.136 e. The molecule has 0 amide bonds. The molecule has 1 N–H and O–H groups in total. The summed E-state index contributed by atoms with van der Waals surface area (Å²) in [5.41, 5.74) is 1.22. The summed E-state index contributed by atoms with van der Waals surface area (Å²) in [5, 5.41) is 3.35. The summed E-state index contributed by atoms with van der Waals surface area (Å²) in [6.45, 7) is 3.92. The molecule has 2 rings (SSSR count). The molecule has 0 radical (unpaired) electrons. The number of piperidine rings is 1. The minimum absolute atomic E-state index is 0.311. The zero-order chi connectivity index (χ0) is 7.14. The largest absolute Gasteiger partial charge is 0.306 e. The van der Waals surface area contributed by atoms with Crippen molar-refractivity contribution in [2.75, 3.05) is 0 Å². The molecule has 0 aliphatic carbocycles. The molecule has 1 unspecified atom stereocenters. The highest BCUT2D eigenvalue weighted by Gasteiger charge is 2.34. The predicted octanol–water partition coefficient (Wildman–Crippen LogP) is 0.636. The van der Waals surface area contributed by atoms with Gasteiger partial charge in [-0.3, -0.25) is 4.79 Å². The van der Waals surface area contributed by atoms with Gasteiger partial charge in [0.15, 0.2) is 0 Å². The summed E-state index contributed by atoms with van der Waals surface area (Å²) in [6, 6.07) is 0.727. The Labute approximate surface area is 60.3 Å². The second-order valence-corrected chi connectivity index (χ2v) is 3.23. The number of ketones is 1. The quantitative estimate of drug-likeness (QED) is 0.496. The van der Waals surface area contributed by atoms with E-state index >= 15 is 0 Å². The fourth-order valence-corrected chi connectivity index (χ4v) is 1.84. The van der Waals surface area contributed by atoms with Crippen molar-refractivity contribution in [3.63, 3.8) is 0 Å². The maximum Gasteiger partial charge on any atom is 0.136 e. The SMILES string of the molecule is C=C1C[C@H]2CC(=O)CC1N2. The molecule has 0 aromatic heterocycles. The normalized spacial score (nSPS) is 38.8. The van der Waals surface area contributed by atoms with Crippen LogP contribution in [0.15, 0.2) is 12.2 Å². The Kier molecular flexibility index (Phi) is 1.17. The van der Waals surface area contributed by atoms with Gasteiger partial charge in [0, 0.05) is 24.9 Å². The number of carbonyl (C=O) groups excluding carboxylic acids is 1. The van der Waals surface area contributed by atoms with Crippen LogP contribution < -0.4 is 5.32 Å². The van der Waals surface area contributed by atoms with E-state index in [9.17, 15) is 4.79 Å². The minimum atomic E-state index is 0.311. The predicted molar refractivity (Wildman–Crippen MR) is 38.7 cm³/mol. The maximum absolute atomic E-state index is 11.0. The van der Waals surface area contributed by atoms with Gasteiger partial charge >= 0.3 is 0 Å². The van der Waals surface area contributed by atoms with Gasteiger partial charge in [0.25, 0.3) is 0 Å². The zero-order valence-electron chi connectivity index (χ0n) is 5.89. The molecule has 0 aromatic rings. The second kappa shape index (κ2) is 1.92. The van der Waals surface area contributed by atoms with Crippen LogP contribution in [-0.2, 0) is 4.79 Å². The third kappa shape index (κ3) is 0.797. The van der Waals surface area contributed by atoms with E-state index in [0.29, 0.717) is 24.3 Å². The van der Waals surface area contributed by atoms with Gasteiger partial charge in [0.2, 0.25) is 0 Å². The first kappa shape index (κ1) is 6.10. The molecule has 2 bridgehead atoms. The summed E-state index contributed by atoms with van der Waals surface area (Å²) >= 11 is 0. The molecular weight excluding hydrogens is 126 g/mol. The first-order valence-electron chi connectivity index (χ1n) is 3.71. The van der Waals surface area contributed by atoms with Crippen LogP contribution in [0.25, 0.3) is 0 Å². The van der Waals surface area contributed by atoms with Crippen LogP contribution in [0.3, 0.4) is 0 Å². The molecule has 0 aromatic carbocycles. The third-order valence-electron chi connectivity index (χ3n) is 2.34. The lowest BCUT2D eigenvalue weighted by Crippen LogP contribution is -2.38. The van der Waals surface area contributed by atoms with Crippen molar-refractivity contribution >= 4 is 5.78 Å². The molecule has 0 spiro atoms. The number of hydrogen-bond acceptors (Lipinski definition) is 2. The average molecular weight is 137 g/mol. The second-order valence-electron chi connectivity index (χ2n) is 3.23. The van der Waals surface area contributed by atoms with Crippen LogP contribution >= 0.6 is 0 Å². The van der Waals surface area contributed by atoms with E-state index in [1.54, 1.807) is 0 Å². The van der Waals surface area contributed by atoms with Gasteiger partial charge < -0.3 is 5.32 Å². The summed E-state index contributed by atoms with van der Waals surface area (Å²) < 4.78 is 0. The highest BCUT2D eigenvalue weighted by Crippen LogP contribution is 2.27. The van der Waals surface area contributed by atoms with Crippen LogP contribution in [0.4, 0.5) is 0 Å². The van der Waals surface area contributed by atoms with E-state index in [2.05, 4.69) is 11.9 Å². The van der Waals surface area contributed by atoms with Crippen LogP contribution in [0.5, 0.6) is 0 Å². The van der Waals surface area contributed by atoms with Crippen LogP contribution in [0.1, 0.15) is 19.3 Å². The number of Topliss-reactive ketones (excluding diaryl/α,β-unsaturated/α-hetero) is 1. The number of fused-ring (bicyclic) bond motifs is 2. The van der Waals surface area contributed by atoms with E-state index in [0.717, 1.165) is 12.8 Å². The summed E-state index contributed by atoms with van der Waals surface area (Å²) in [4.78, 5) is 11.0. The Bertz CT molecular complexity index is 195. The Hall–Kier alpha value is -0.630. The first-order valence-corrected chi connectivity index (χ1v) is 3.71.